The number of carbonyl (C=O) groups is 1. The maximum absolute atomic E-state index is 14.1. The Morgan fingerprint density at radius 3 is 2.24 bits per heavy atom. The van der Waals surface area contributed by atoms with E-state index in [-0.39, 0.29) is 22.8 Å². The maximum Gasteiger partial charge on any atom is 0.416 e. The topological polar surface area (TPSA) is 46.5 Å². The maximum atomic E-state index is 14.1. The molecule has 0 bridgehead atoms. The molecule has 25 heavy (non-hydrogen) atoms. The molecule has 0 atom stereocenters. The van der Waals surface area contributed by atoms with Gasteiger partial charge in [-0.2, -0.15) is 13.2 Å². The van der Waals surface area contributed by atoms with Gasteiger partial charge in [-0.05, 0) is 35.2 Å². The van der Waals surface area contributed by atoms with E-state index in [0.29, 0.717) is 11.6 Å². The highest BCUT2D eigenvalue weighted by Gasteiger charge is 2.32. The molecule has 2 rings (SSSR count). The molecule has 0 amide bonds. The first kappa shape index (κ1) is 18.8. The molecule has 1 N–H and O–H groups in total. The number of carboxylic acid groups (broad SMARTS) is 1. The number of hydrogen-bond acceptors (Lipinski definition) is 2. The Morgan fingerprint density at radius 1 is 1.12 bits per heavy atom. The highest BCUT2D eigenvalue weighted by Crippen LogP contribution is 2.39. The summed E-state index contributed by atoms with van der Waals surface area (Å²) in [6.07, 6.45) is -4.67. The Bertz CT molecular complexity index is 811. The average molecular weight is 356 g/mol. The van der Waals surface area contributed by atoms with Crippen LogP contribution in [0.15, 0.2) is 30.3 Å². The highest BCUT2D eigenvalue weighted by molar-refractivity contribution is 5.97. The molecule has 2 aromatic carbocycles. The van der Waals surface area contributed by atoms with Crippen molar-refractivity contribution in [1.29, 1.82) is 0 Å². The van der Waals surface area contributed by atoms with Crippen LogP contribution in [0.5, 0.6) is 5.75 Å². The molecule has 0 saturated carbocycles. The van der Waals surface area contributed by atoms with E-state index in [2.05, 4.69) is 0 Å². The van der Waals surface area contributed by atoms with E-state index in [1.165, 1.54) is 13.2 Å². The van der Waals surface area contributed by atoms with E-state index >= 15 is 0 Å². The van der Waals surface area contributed by atoms with Gasteiger partial charge < -0.3 is 9.84 Å². The van der Waals surface area contributed by atoms with Gasteiger partial charge >= 0.3 is 12.1 Å². The second-order valence-electron chi connectivity index (χ2n) is 5.79. The lowest BCUT2D eigenvalue weighted by molar-refractivity contribution is -0.137. The van der Waals surface area contributed by atoms with Crippen molar-refractivity contribution >= 4 is 5.97 Å². The van der Waals surface area contributed by atoms with Gasteiger partial charge in [0.25, 0.3) is 0 Å². The van der Waals surface area contributed by atoms with Gasteiger partial charge in [-0.3, -0.25) is 0 Å². The van der Waals surface area contributed by atoms with Gasteiger partial charge in [-0.15, -0.1) is 0 Å². The van der Waals surface area contributed by atoms with Crippen molar-refractivity contribution in [2.45, 2.75) is 25.9 Å². The summed E-state index contributed by atoms with van der Waals surface area (Å²) in [6, 6.07) is 4.93. The van der Waals surface area contributed by atoms with Crippen LogP contribution in [-0.2, 0) is 6.18 Å². The molecule has 134 valence electrons. The first-order valence-corrected chi connectivity index (χ1v) is 7.38. The third-order valence-electron chi connectivity index (χ3n) is 3.81. The van der Waals surface area contributed by atoms with Gasteiger partial charge in [0, 0.05) is 11.6 Å². The predicted octanol–water partition coefficient (Wildman–Crippen LogP) is 5.34. The van der Waals surface area contributed by atoms with Crippen molar-refractivity contribution in [3.63, 3.8) is 0 Å². The summed E-state index contributed by atoms with van der Waals surface area (Å²) >= 11 is 0. The predicted molar refractivity (Wildman–Crippen MR) is 84.4 cm³/mol. The lowest BCUT2D eigenvalue weighted by Crippen LogP contribution is -2.09. The fourth-order valence-corrected chi connectivity index (χ4v) is 2.53. The van der Waals surface area contributed by atoms with Crippen LogP contribution in [0.25, 0.3) is 11.1 Å². The molecule has 0 aliphatic rings. The Kier molecular flexibility index (Phi) is 5.06. The second-order valence-corrected chi connectivity index (χ2v) is 5.79. The zero-order valence-corrected chi connectivity index (χ0v) is 13.7. The number of rotatable bonds is 4. The summed E-state index contributed by atoms with van der Waals surface area (Å²) in [5.74, 6) is -2.20. The number of carboxylic acids is 1. The van der Waals surface area contributed by atoms with Gasteiger partial charge in [-0.1, -0.05) is 19.9 Å². The molecular formula is C18H16F4O3. The van der Waals surface area contributed by atoms with Crippen LogP contribution in [0.1, 0.15) is 41.3 Å². The first-order chi connectivity index (χ1) is 11.6. The third-order valence-corrected chi connectivity index (χ3v) is 3.81. The number of methoxy groups -OCH3 is 1. The van der Waals surface area contributed by atoms with E-state index in [4.69, 9.17) is 4.74 Å². The summed E-state index contributed by atoms with van der Waals surface area (Å²) in [5.41, 5.74) is -1.04. The molecule has 0 aliphatic heterocycles. The fourth-order valence-electron chi connectivity index (χ4n) is 2.53. The second kappa shape index (κ2) is 6.74. The SMILES string of the molecule is COc1cc(F)c(C(C)C)cc1-c1ccc(C(F)(F)F)cc1C(=O)O. The average Bonchev–Trinajstić information content (AvgIpc) is 2.52. The zero-order valence-electron chi connectivity index (χ0n) is 13.7. The molecule has 0 unspecified atom stereocenters. The Hall–Kier alpha value is -2.57. The van der Waals surface area contributed by atoms with Gasteiger partial charge in [0.1, 0.15) is 11.6 Å². The zero-order chi connectivity index (χ0) is 18.9. The van der Waals surface area contributed by atoms with E-state index < -0.39 is 29.1 Å². The summed E-state index contributed by atoms with van der Waals surface area (Å²) in [7, 11) is 1.28. The number of hydrogen-bond donors (Lipinski definition) is 1. The minimum atomic E-state index is -4.67. The minimum Gasteiger partial charge on any atom is -0.496 e. The van der Waals surface area contributed by atoms with Crippen LogP contribution < -0.4 is 4.74 Å². The number of alkyl halides is 3. The number of ether oxygens (including phenoxy) is 1. The number of aromatic carboxylic acids is 1. The van der Waals surface area contributed by atoms with Crippen LogP contribution >= 0.6 is 0 Å². The van der Waals surface area contributed by atoms with Crippen LogP contribution in [-0.4, -0.2) is 18.2 Å². The van der Waals surface area contributed by atoms with E-state index in [1.54, 1.807) is 13.8 Å². The van der Waals surface area contributed by atoms with Crippen molar-refractivity contribution in [2.24, 2.45) is 0 Å². The Morgan fingerprint density at radius 2 is 1.76 bits per heavy atom. The summed E-state index contributed by atoms with van der Waals surface area (Å²) in [4.78, 5) is 11.5. The number of halogens is 4. The molecule has 0 saturated heterocycles. The molecule has 0 aliphatic carbocycles. The summed E-state index contributed by atoms with van der Waals surface area (Å²) in [6.45, 7) is 3.50. The van der Waals surface area contributed by atoms with E-state index in [0.717, 1.165) is 18.2 Å². The van der Waals surface area contributed by atoms with Crippen molar-refractivity contribution in [3.8, 4) is 16.9 Å². The van der Waals surface area contributed by atoms with Crippen LogP contribution in [0.2, 0.25) is 0 Å². The van der Waals surface area contributed by atoms with Crippen LogP contribution in [0, 0.1) is 5.82 Å². The lowest BCUT2D eigenvalue weighted by Gasteiger charge is -2.17. The normalized spacial score (nSPS) is 11.7. The standard InChI is InChI=1S/C18H16F4O3/c1-9(2)12-7-13(16(25-3)8-15(12)19)11-5-4-10(18(20,21)22)6-14(11)17(23)24/h4-9H,1-3H3,(H,23,24). The molecule has 0 fully saturated rings. The van der Waals surface area contributed by atoms with Crippen LogP contribution in [0.4, 0.5) is 17.6 Å². The van der Waals surface area contributed by atoms with Crippen molar-refractivity contribution in [1.82, 2.24) is 0 Å². The van der Waals surface area contributed by atoms with E-state index in [9.17, 15) is 27.5 Å². The molecule has 2 aromatic rings. The highest BCUT2D eigenvalue weighted by atomic mass is 19.4. The molecule has 0 aromatic heterocycles. The van der Waals surface area contributed by atoms with Crippen molar-refractivity contribution in [2.75, 3.05) is 7.11 Å². The number of benzene rings is 2. The molecule has 3 nitrogen and oxygen atoms in total. The van der Waals surface area contributed by atoms with Crippen molar-refractivity contribution < 1.29 is 32.2 Å². The summed E-state index contributed by atoms with van der Waals surface area (Å²) in [5, 5.41) is 9.33. The monoisotopic (exact) mass is 356 g/mol. The Balaban J connectivity index is 2.77. The van der Waals surface area contributed by atoms with Crippen LogP contribution in [0.3, 0.4) is 0 Å². The fraction of sp³-hybridized carbons (Fsp3) is 0.278. The lowest BCUT2D eigenvalue weighted by atomic mass is 9.92. The quantitative estimate of drug-likeness (QED) is 0.752. The van der Waals surface area contributed by atoms with E-state index in [1.807, 2.05) is 0 Å². The first-order valence-electron chi connectivity index (χ1n) is 7.38. The van der Waals surface area contributed by atoms with Gasteiger partial charge in [-0.25, -0.2) is 9.18 Å². The largest absolute Gasteiger partial charge is 0.496 e. The molecule has 0 radical (unpaired) electrons. The summed E-state index contributed by atoms with van der Waals surface area (Å²) < 4.78 is 57.8. The van der Waals surface area contributed by atoms with Gasteiger partial charge in [0.2, 0.25) is 0 Å². The molecule has 0 heterocycles. The molecular weight excluding hydrogens is 340 g/mol. The molecule has 0 spiro atoms. The minimum absolute atomic E-state index is 0.0271. The smallest absolute Gasteiger partial charge is 0.416 e. The van der Waals surface area contributed by atoms with Crippen molar-refractivity contribution in [3.05, 3.63) is 52.8 Å². The Labute approximate surface area is 141 Å². The molecule has 7 heteroatoms. The van der Waals surface area contributed by atoms with Gasteiger partial charge in [0.15, 0.2) is 0 Å². The van der Waals surface area contributed by atoms with Gasteiger partial charge in [0.05, 0.1) is 18.2 Å². The third kappa shape index (κ3) is 3.75.